The number of methoxy groups -OCH3 is 1. The van der Waals surface area contributed by atoms with Gasteiger partial charge >= 0.3 is 5.97 Å². The maximum absolute atomic E-state index is 11.2. The molecule has 0 unspecified atom stereocenters. The number of esters is 1. The Balaban J connectivity index is 3.03. The number of para-hydroxylation sites is 1. The lowest BCUT2D eigenvalue weighted by molar-refractivity contribution is 0.0602. The van der Waals surface area contributed by atoms with E-state index in [1.54, 1.807) is 18.2 Å². The van der Waals surface area contributed by atoms with Crippen LogP contribution in [0.2, 0.25) is 0 Å². The summed E-state index contributed by atoms with van der Waals surface area (Å²) in [4.78, 5) is 11.2. The third-order valence-corrected chi connectivity index (χ3v) is 1.59. The van der Waals surface area contributed by atoms with Crippen molar-refractivity contribution >= 4 is 11.7 Å². The van der Waals surface area contributed by atoms with E-state index in [9.17, 15) is 4.79 Å². The smallest absolute Gasteiger partial charge is 0.339 e. The Kier molecular flexibility index (Phi) is 3.09. The van der Waals surface area contributed by atoms with Gasteiger partial charge < -0.3 is 10.1 Å². The third kappa shape index (κ3) is 2.08. The number of rotatable bonds is 3. The van der Waals surface area contributed by atoms with Gasteiger partial charge in [0, 0.05) is 0 Å². The summed E-state index contributed by atoms with van der Waals surface area (Å²) >= 11 is 0. The van der Waals surface area contributed by atoms with E-state index in [1.165, 1.54) is 13.3 Å². The molecule has 1 N–H and O–H groups in total. The fourth-order valence-corrected chi connectivity index (χ4v) is 1.01. The SMILES string of the molecule is C=CNc1ccccc1C(=O)OC. The predicted octanol–water partition coefficient (Wildman–Crippen LogP) is 2.03. The quantitative estimate of drug-likeness (QED) is 0.718. The Bertz CT molecular complexity index is 320. The molecule has 0 atom stereocenters. The normalized spacial score (nSPS) is 9.00. The fourth-order valence-electron chi connectivity index (χ4n) is 1.01. The third-order valence-electron chi connectivity index (χ3n) is 1.59. The highest BCUT2D eigenvalue weighted by atomic mass is 16.5. The van der Waals surface area contributed by atoms with Gasteiger partial charge in [0.1, 0.15) is 0 Å². The van der Waals surface area contributed by atoms with Gasteiger partial charge in [-0.3, -0.25) is 0 Å². The lowest BCUT2D eigenvalue weighted by Gasteiger charge is -2.05. The lowest BCUT2D eigenvalue weighted by atomic mass is 10.2. The van der Waals surface area contributed by atoms with E-state index < -0.39 is 0 Å². The van der Waals surface area contributed by atoms with Crippen LogP contribution in [0.3, 0.4) is 0 Å². The Morgan fingerprint density at radius 3 is 2.85 bits per heavy atom. The van der Waals surface area contributed by atoms with E-state index in [-0.39, 0.29) is 5.97 Å². The second-order valence-corrected chi connectivity index (χ2v) is 2.39. The first kappa shape index (κ1) is 9.32. The van der Waals surface area contributed by atoms with Crippen molar-refractivity contribution in [3.8, 4) is 0 Å². The van der Waals surface area contributed by atoms with Gasteiger partial charge in [-0.2, -0.15) is 0 Å². The molecule has 0 radical (unpaired) electrons. The highest BCUT2D eigenvalue weighted by Gasteiger charge is 2.08. The van der Waals surface area contributed by atoms with Crippen molar-refractivity contribution in [3.63, 3.8) is 0 Å². The van der Waals surface area contributed by atoms with Crippen molar-refractivity contribution < 1.29 is 9.53 Å². The zero-order chi connectivity index (χ0) is 9.68. The van der Waals surface area contributed by atoms with Gasteiger partial charge in [-0.15, -0.1) is 0 Å². The van der Waals surface area contributed by atoms with E-state index in [0.717, 1.165) is 0 Å². The van der Waals surface area contributed by atoms with E-state index >= 15 is 0 Å². The minimum Gasteiger partial charge on any atom is -0.465 e. The van der Waals surface area contributed by atoms with E-state index in [4.69, 9.17) is 0 Å². The molecule has 68 valence electrons. The second-order valence-electron chi connectivity index (χ2n) is 2.39. The fraction of sp³-hybridized carbons (Fsp3) is 0.100. The summed E-state index contributed by atoms with van der Waals surface area (Å²) in [6, 6.07) is 7.09. The molecular weight excluding hydrogens is 166 g/mol. The number of carbonyl (C=O) groups is 1. The molecule has 13 heavy (non-hydrogen) atoms. The Hall–Kier alpha value is -1.77. The highest BCUT2D eigenvalue weighted by Crippen LogP contribution is 2.15. The van der Waals surface area contributed by atoms with Crippen LogP contribution in [0.25, 0.3) is 0 Å². The molecule has 0 aliphatic heterocycles. The first-order chi connectivity index (χ1) is 6.29. The number of nitrogens with one attached hydrogen (secondary N) is 1. The molecule has 3 nitrogen and oxygen atoms in total. The molecule has 1 rings (SSSR count). The lowest BCUT2D eigenvalue weighted by Crippen LogP contribution is -2.04. The standard InChI is InChI=1S/C10H11NO2/c1-3-11-9-7-5-4-6-8(9)10(12)13-2/h3-7,11H,1H2,2H3. The van der Waals surface area contributed by atoms with Crippen LogP contribution in [-0.4, -0.2) is 13.1 Å². The number of ether oxygens (including phenoxy) is 1. The number of benzene rings is 1. The van der Waals surface area contributed by atoms with Gasteiger partial charge in [0.15, 0.2) is 0 Å². The first-order valence-electron chi connectivity index (χ1n) is 3.84. The van der Waals surface area contributed by atoms with Crippen LogP contribution in [0.15, 0.2) is 37.0 Å². The van der Waals surface area contributed by atoms with Gasteiger partial charge in [0.2, 0.25) is 0 Å². The van der Waals surface area contributed by atoms with Crippen molar-refractivity contribution in [3.05, 3.63) is 42.6 Å². The molecule has 0 saturated carbocycles. The predicted molar refractivity (Wildman–Crippen MR) is 51.6 cm³/mol. The number of carbonyl (C=O) groups excluding carboxylic acids is 1. The molecule has 1 aromatic rings. The van der Waals surface area contributed by atoms with Crippen LogP contribution in [0.4, 0.5) is 5.69 Å². The maximum atomic E-state index is 11.2. The van der Waals surface area contributed by atoms with E-state index in [1.807, 2.05) is 6.07 Å². The summed E-state index contributed by atoms with van der Waals surface area (Å²) in [5.74, 6) is -0.357. The van der Waals surface area contributed by atoms with Crippen molar-refractivity contribution in [2.45, 2.75) is 0 Å². The van der Waals surface area contributed by atoms with Gasteiger partial charge in [-0.25, -0.2) is 4.79 Å². The van der Waals surface area contributed by atoms with Crippen molar-refractivity contribution in [1.29, 1.82) is 0 Å². The Morgan fingerprint density at radius 1 is 1.54 bits per heavy atom. The molecule has 0 fully saturated rings. The summed E-state index contributed by atoms with van der Waals surface area (Å²) in [7, 11) is 1.35. The largest absolute Gasteiger partial charge is 0.465 e. The molecule has 0 heterocycles. The second kappa shape index (κ2) is 4.30. The van der Waals surface area contributed by atoms with Crippen LogP contribution in [0, 0.1) is 0 Å². The molecule has 0 bridgehead atoms. The van der Waals surface area contributed by atoms with Crippen molar-refractivity contribution in [1.82, 2.24) is 0 Å². The van der Waals surface area contributed by atoms with Crippen molar-refractivity contribution in [2.24, 2.45) is 0 Å². The van der Waals surface area contributed by atoms with Crippen LogP contribution in [-0.2, 0) is 4.74 Å². The first-order valence-corrected chi connectivity index (χ1v) is 3.84. The summed E-state index contributed by atoms with van der Waals surface area (Å²) in [5.41, 5.74) is 1.20. The van der Waals surface area contributed by atoms with Crippen LogP contribution >= 0.6 is 0 Å². The van der Waals surface area contributed by atoms with Crippen LogP contribution in [0.1, 0.15) is 10.4 Å². The summed E-state index contributed by atoms with van der Waals surface area (Å²) in [6.07, 6.45) is 1.52. The Labute approximate surface area is 77.0 Å². The molecular formula is C10H11NO2. The minimum atomic E-state index is -0.357. The molecule has 3 heteroatoms. The van der Waals surface area contributed by atoms with Gasteiger partial charge in [0.25, 0.3) is 0 Å². The zero-order valence-corrected chi connectivity index (χ0v) is 7.41. The molecule has 0 aliphatic rings. The van der Waals surface area contributed by atoms with Gasteiger partial charge in [0.05, 0.1) is 18.4 Å². The number of hydrogen-bond acceptors (Lipinski definition) is 3. The molecule has 0 saturated heterocycles. The zero-order valence-electron chi connectivity index (χ0n) is 7.41. The molecule has 0 spiro atoms. The van der Waals surface area contributed by atoms with E-state index in [0.29, 0.717) is 11.3 Å². The van der Waals surface area contributed by atoms with Gasteiger partial charge in [-0.1, -0.05) is 18.7 Å². The monoisotopic (exact) mass is 177 g/mol. The summed E-state index contributed by atoms with van der Waals surface area (Å²) < 4.78 is 4.61. The average Bonchev–Trinajstić information content (AvgIpc) is 2.18. The molecule has 0 amide bonds. The summed E-state index contributed by atoms with van der Waals surface area (Å²) in [5, 5.41) is 2.85. The summed E-state index contributed by atoms with van der Waals surface area (Å²) in [6.45, 7) is 3.52. The molecule has 0 aliphatic carbocycles. The topological polar surface area (TPSA) is 38.3 Å². The van der Waals surface area contributed by atoms with Crippen LogP contribution in [0.5, 0.6) is 0 Å². The average molecular weight is 177 g/mol. The molecule has 0 aromatic heterocycles. The Morgan fingerprint density at radius 2 is 2.23 bits per heavy atom. The van der Waals surface area contributed by atoms with Crippen molar-refractivity contribution in [2.75, 3.05) is 12.4 Å². The number of anilines is 1. The molecule has 1 aromatic carbocycles. The number of hydrogen-bond donors (Lipinski definition) is 1. The maximum Gasteiger partial charge on any atom is 0.339 e. The van der Waals surface area contributed by atoms with Gasteiger partial charge in [-0.05, 0) is 18.3 Å². The highest BCUT2D eigenvalue weighted by molar-refractivity contribution is 5.95. The van der Waals surface area contributed by atoms with E-state index in [2.05, 4.69) is 16.6 Å². The minimum absolute atomic E-state index is 0.357. The van der Waals surface area contributed by atoms with Crippen LogP contribution < -0.4 is 5.32 Å².